The van der Waals surface area contributed by atoms with Gasteiger partial charge in [0, 0.05) is 12.6 Å². The first kappa shape index (κ1) is 6.80. The van der Waals surface area contributed by atoms with Crippen LogP contribution >= 0.6 is 0 Å². The van der Waals surface area contributed by atoms with Gasteiger partial charge in [-0.3, -0.25) is 9.48 Å². The van der Waals surface area contributed by atoms with Crippen molar-refractivity contribution in [2.24, 2.45) is 5.73 Å². The zero-order valence-electron chi connectivity index (χ0n) is 5.66. The third-order valence-electron chi connectivity index (χ3n) is 1.19. The Bertz CT molecular complexity index is 241. The standard InChI is InChI=1S/C6H8N3O/c1-2-9-5(6(7)10)3-4-8-9/h4H,2H2,1H3,(H2,7,10). The molecule has 0 unspecified atom stereocenters. The van der Waals surface area contributed by atoms with Crippen LogP contribution in [-0.2, 0) is 6.54 Å². The van der Waals surface area contributed by atoms with Crippen LogP contribution in [-0.4, -0.2) is 15.7 Å². The zero-order chi connectivity index (χ0) is 7.56. The van der Waals surface area contributed by atoms with Crippen molar-refractivity contribution >= 4 is 5.91 Å². The Kier molecular flexibility index (Phi) is 1.71. The number of rotatable bonds is 2. The molecular weight excluding hydrogens is 130 g/mol. The van der Waals surface area contributed by atoms with Gasteiger partial charge >= 0.3 is 0 Å². The van der Waals surface area contributed by atoms with Crippen LogP contribution in [0.3, 0.4) is 0 Å². The highest BCUT2D eigenvalue weighted by Gasteiger charge is 2.05. The molecule has 2 N–H and O–H groups in total. The summed E-state index contributed by atoms with van der Waals surface area (Å²) in [4.78, 5) is 10.6. The van der Waals surface area contributed by atoms with Crippen LogP contribution in [0.1, 0.15) is 17.4 Å². The summed E-state index contributed by atoms with van der Waals surface area (Å²) in [5.74, 6) is -0.487. The molecule has 1 radical (unpaired) electrons. The van der Waals surface area contributed by atoms with Crippen molar-refractivity contribution in [1.82, 2.24) is 9.78 Å². The molecule has 1 aromatic heterocycles. The van der Waals surface area contributed by atoms with E-state index >= 15 is 0 Å². The van der Waals surface area contributed by atoms with Crippen LogP contribution in [0.2, 0.25) is 0 Å². The molecular formula is C6H8N3O. The Balaban J connectivity index is 3.01. The van der Waals surface area contributed by atoms with Crippen LogP contribution in [0.5, 0.6) is 0 Å². The summed E-state index contributed by atoms with van der Waals surface area (Å²) in [6.45, 7) is 2.52. The molecule has 1 amide bonds. The molecule has 0 saturated heterocycles. The van der Waals surface area contributed by atoms with E-state index in [0.29, 0.717) is 12.2 Å². The average molecular weight is 138 g/mol. The van der Waals surface area contributed by atoms with Gasteiger partial charge < -0.3 is 5.73 Å². The maximum atomic E-state index is 10.6. The van der Waals surface area contributed by atoms with Gasteiger partial charge in [-0.25, -0.2) is 0 Å². The van der Waals surface area contributed by atoms with Gasteiger partial charge in [-0.2, -0.15) is 5.10 Å². The highest BCUT2D eigenvalue weighted by atomic mass is 16.1. The van der Waals surface area contributed by atoms with E-state index in [1.54, 1.807) is 0 Å². The molecule has 0 aliphatic rings. The molecule has 0 aliphatic carbocycles. The van der Waals surface area contributed by atoms with Gasteiger partial charge in [0.15, 0.2) is 0 Å². The second kappa shape index (κ2) is 2.51. The van der Waals surface area contributed by atoms with E-state index in [4.69, 9.17) is 5.73 Å². The van der Waals surface area contributed by atoms with E-state index in [2.05, 4.69) is 11.2 Å². The van der Waals surface area contributed by atoms with Crippen LogP contribution in [0.4, 0.5) is 0 Å². The van der Waals surface area contributed by atoms with E-state index in [9.17, 15) is 4.79 Å². The second-order valence-corrected chi connectivity index (χ2v) is 1.82. The molecule has 4 heteroatoms. The number of amides is 1. The summed E-state index contributed by atoms with van der Waals surface area (Å²) in [5, 5.41) is 3.82. The fraction of sp³-hybridized carbons (Fsp3) is 0.333. The molecule has 1 rings (SSSR count). The molecule has 53 valence electrons. The summed E-state index contributed by atoms with van der Waals surface area (Å²) in [6.07, 6.45) is 1.43. The van der Waals surface area contributed by atoms with Gasteiger partial charge in [-0.15, -0.1) is 0 Å². The molecule has 0 aromatic carbocycles. The smallest absolute Gasteiger partial charge is 0.267 e. The predicted octanol–water partition coefficient (Wildman–Crippen LogP) is -0.198. The maximum Gasteiger partial charge on any atom is 0.267 e. The Morgan fingerprint density at radius 2 is 2.70 bits per heavy atom. The molecule has 1 aromatic rings. The normalized spacial score (nSPS) is 9.70. The Hall–Kier alpha value is -1.32. The maximum absolute atomic E-state index is 10.6. The van der Waals surface area contributed by atoms with Crippen LogP contribution in [0, 0.1) is 6.07 Å². The molecule has 10 heavy (non-hydrogen) atoms. The number of carbonyl (C=O) groups excluding carboxylic acids is 1. The van der Waals surface area contributed by atoms with Gasteiger partial charge in [-0.05, 0) is 6.92 Å². The lowest BCUT2D eigenvalue weighted by Gasteiger charge is -1.97. The summed E-state index contributed by atoms with van der Waals surface area (Å²) < 4.78 is 1.50. The number of aryl methyl sites for hydroxylation is 1. The number of hydrogen-bond donors (Lipinski definition) is 1. The summed E-state index contributed by atoms with van der Waals surface area (Å²) >= 11 is 0. The molecule has 0 saturated carbocycles. The molecule has 4 nitrogen and oxygen atoms in total. The number of carbonyl (C=O) groups is 1. The lowest BCUT2D eigenvalue weighted by atomic mass is 10.4. The minimum atomic E-state index is -0.487. The molecule has 0 aliphatic heterocycles. The van der Waals surface area contributed by atoms with Crippen molar-refractivity contribution in [3.8, 4) is 0 Å². The summed E-state index contributed by atoms with van der Waals surface area (Å²) in [5.41, 5.74) is 5.34. The van der Waals surface area contributed by atoms with Gasteiger partial charge in [0.05, 0.1) is 6.20 Å². The van der Waals surface area contributed by atoms with Gasteiger partial charge in [0.1, 0.15) is 5.69 Å². The first-order valence-corrected chi connectivity index (χ1v) is 2.99. The minimum absolute atomic E-state index is 0.336. The average Bonchev–Trinajstić information content (AvgIpc) is 2.33. The number of hydrogen-bond acceptors (Lipinski definition) is 2. The molecule has 0 fully saturated rings. The first-order chi connectivity index (χ1) is 4.75. The largest absolute Gasteiger partial charge is 0.364 e. The highest BCUT2D eigenvalue weighted by Crippen LogP contribution is 1.94. The van der Waals surface area contributed by atoms with Crippen LogP contribution in [0.25, 0.3) is 0 Å². The molecule has 0 atom stereocenters. The van der Waals surface area contributed by atoms with Crippen molar-refractivity contribution in [2.45, 2.75) is 13.5 Å². The molecule has 0 spiro atoms. The third-order valence-corrected chi connectivity index (χ3v) is 1.19. The van der Waals surface area contributed by atoms with Gasteiger partial charge in [0.2, 0.25) is 0 Å². The Morgan fingerprint density at radius 3 is 3.10 bits per heavy atom. The van der Waals surface area contributed by atoms with Crippen LogP contribution < -0.4 is 5.73 Å². The van der Waals surface area contributed by atoms with E-state index in [0.717, 1.165) is 0 Å². The van der Waals surface area contributed by atoms with E-state index < -0.39 is 5.91 Å². The van der Waals surface area contributed by atoms with Gasteiger partial charge in [-0.1, -0.05) is 0 Å². The van der Waals surface area contributed by atoms with Crippen LogP contribution in [0.15, 0.2) is 6.20 Å². The Labute approximate surface area is 58.6 Å². The zero-order valence-corrected chi connectivity index (χ0v) is 5.66. The van der Waals surface area contributed by atoms with Crippen molar-refractivity contribution < 1.29 is 4.79 Å². The number of aromatic nitrogens is 2. The van der Waals surface area contributed by atoms with E-state index in [-0.39, 0.29) is 0 Å². The van der Waals surface area contributed by atoms with Crippen molar-refractivity contribution in [1.29, 1.82) is 0 Å². The summed E-state index contributed by atoms with van der Waals surface area (Å²) in [6, 6.07) is 2.63. The number of primary amides is 1. The third kappa shape index (κ3) is 1.00. The first-order valence-electron chi connectivity index (χ1n) is 2.99. The quantitative estimate of drug-likeness (QED) is 0.615. The molecule has 1 heterocycles. The summed E-state index contributed by atoms with van der Waals surface area (Å²) in [7, 11) is 0. The van der Waals surface area contributed by atoms with Crippen molar-refractivity contribution in [3.63, 3.8) is 0 Å². The fourth-order valence-electron chi connectivity index (χ4n) is 0.730. The number of nitrogens with two attached hydrogens (primary N) is 1. The minimum Gasteiger partial charge on any atom is -0.364 e. The SMILES string of the molecule is CCn1nc[c]c1C(N)=O. The monoisotopic (exact) mass is 138 g/mol. The lowest BCUT2D eigenvalue weighted by molar-refractivity contribution is 0.0990. The number of nitrogens with zero attached hydrogens (tertiary/aromatic N) is 2. The lowest BCUT2D eigenvalue weighted by Crippen LogP contribution is -2.17. The van der Waals surface area contributed by atoms with Gasteiger partial charge in [0.25, 0.3) is 5.91 Å². The topological polar surface area (TPSA) is 60.9 Å². The highest BCUT2D eigenvalue weighted by molar-refractivity contribution is 5.90. The molecule has 0 bridgehead atoms. The van der Waals surface area contributed by atoms with Crippen molar-refractivity contribution in [3.05, 3.63) is 18.0 Å². The Morgan fingerprint density at radius 1 is 2.00 bits per heavy atom. The second-order valence-electron chi connectivity index (χ2n) is 1.82. The van der Waals surface area contributed by atoms with E-state index in [1.165, 1.54) is 10.9 Å². The fourth-order valence-corrected chi connectivity index (χ4v) is 0.730. The predicted molar refractivity (Wildman–Crippen MR) is 35.3 cm³/mol. The van der Waals surface area contributed by atoms with E-state index in [1.807, 2.05) is 6.92 Å². The van der Waals surface area contributed by atoms with Crippen molar-refractivity contribution in [2.75, 3.05) is 0 Å².